The van der Waals surface area contributed by atoms with Crippen LogP contribution in [0.15, 0.2) is 12.3 Å². The van der Waals surface area contributed by atoms with Gasteiger partial charge in [-0.3, -0.25) is 0 Å². The summed E-state index contributed by atoms with van der Waals surface area (Å²) in [7, 11) is 0. The zero-order chi connectivity index (χ0) is 6.85. The highest BCUT2D eigenvalue weighted by molar-refractivity contribution is 5.18. The highest BCUT2D eigenvalue weighted by atomic mass is 16.3. The van der Waals surface area contributed by atoms with Crippen LogP contribution < -0.4 is 0 Å². The topological polar surface area (TPSA) is 25.2 Å². The molecule has 0 aliphatic rings. The Morgan fingerprint density at radius 2 is 2.22 bits per heavy atom. The van der Waals surface area contributed by atoms with Crippen LogP contribution in [0.25, 0.3) is 0 Å². The highest BCUT2D eigenvalue weighted by Gasteiger charge is 1.95. The lowest BCUT2D eigenvalue weighted by Crippen LogP contribution is -1.96. The molecule has 0 saturated carbocycles. The zero-order valence-electron chi connectivity index (χ0n) is 5.76. The molecule has 2 nitrogen and oxygen atoms in total. The molecule has 0 fully saturated rings. The van der Waals surface area contributed by atoms with Gasteiger partial charge in [0.15, 0.2) is 0 Å². The molecule has 0 radical (unpaired) electrons. The van der Waals surface area contributed by atoms with Crippen molar-refractivity contribution in [2.75, 3.05) is 0 Å². The van der Waals surface area contributed by atoms with Crippen molar-refractivity contribution in [2.45, 2.75) is 20.6 Å². The summed E-state index contributed by atoms with van der Waals surface area (Å²) in [5, 5.41) is 8.69. The summed E-state index contributed by atoms with van der Waals surface area (Å²) in [6.07, 6.45) is 1.88. The standard InChI is InChI=1S/C7H11NO/c1-6-3-4-8(5-9)7(6)2/h3-4,9H,5H2,1-2H3. The van der Waals surface area contributed by atoms with Gasteiger partial charge in [0, 0.05) is 11.9 Å². The smallest absolute Gasteiger partial charge is 0.119 e. The Bertz CT molecular complexity index is 203. The third-order valence-electron chi connectivity index (χ3n) is 1.66. The molecule has 0 bridgehead atoms. The Labute approximate surface area is 54.7 Å². The predicted molar refractivity (Wildman–Crippen MR) is 36.1 cm³/mol. The van der Waals surface area contributed by atoms with E-state index in [4.69, 9.17) is 5.11 Å². The van der Waals surface area contributed by atoms with Gasteiger partial charge in [0.2, 0.25) is 0 Å². The average molecular weight is 125 g/mol. The number of hydrogen-bond donors (Lipinski definition) is 1. The third-order valence-corrected chi connectivity index (χ3v) is 1.66. The van der Waals surface area contributed by atoms with Crippen molar-refractivity contribution in [3.05, 3.63) is 23.5 Å². The first-order valence-electron chi connectivity index (χ1n) is 2.99. The van der Waals surface area contributed by atoms with Gasteiger partial charge in [0.25, 0.3) is 0 Å². The Balaban J connectivity index is 3.04. The number of aromatic nitrogens is 1. The van der Waals surface area contributed by atoms with Crippen molar-refractivity contribution in [3.63, 3.8) is 0 Å². The summed E-state index contributed by atoms with van der Waals surface area (Å²) in [5.74, 6) is 0. The maximum absolute atomic E-state index is 8.69. The maximum atomic E-state index is 8.69. The summed E-state index contributed by atoms with van der Waals surface area (Å²) in [4.78, 5) is 0. The van der Waals surface area contributed by atoms with Crippen LogP contribution in [0, 0.1) is 13.8 Å². The predicted octanol–water partition coefficient (Wildman–Crippen LogP) is 1.05. The fourth-order valence-corrected chi connectivity index (χ4v) is 0.814. The quantitative estimate of drug-likeness (QED) is 0.596. The second-order valence-electron chi connectivity index (χ2n) is 2.20. The van der Waals surface area contributed by atoms with Crippen molar-refractivity contribution in [1.29, 1.82) is 0 Å². The lowest BCUT2D eigenvalue weighted by molar-refractivity contribution is 0.208. The largest absolute Gasteiger partial charge is 0.376 e. The van der Waals surface area contributed by atoms with Gasteiger partial charge in [0.1, 0.15) is 6.73 Å². The fraction of sp³-hybridized carbons (Fsp3) is 0.429. The van der Waals surface area contributed by atoms with E-state index in [1.54, 1.807) is 4.57 Å². The minimum absolute atomic E-state index is 0.0830. The molecule has 0 spiro atoms. The van der Waals surface area contributed by atoms with E-state index < -0.39 is 0 Å². The van der Waals surface area contributed by atoms with Gasteiger partial charge in [-0.05, 0) is 25.5 Å². The maximum Gasteiger partial charge on any atom is 0.119 e. The van der Waals surface area contributed by atoms with Crippen LogP contribution in [0.2, 0.25) is 0 Å². The van der Waals surface area contributed by atoms with Crippen molar-refractivity contribution in [2.24, 2.45) is 0 Å². The van der Waals surface area contributed by atoms with Crippen molar-refractivity contribution >= 4 is 0 Å². The van der Waals surface area contributed by atoms with Crippen LogP contribution in [0.4, 0.5) is 0 Å². The summed E-state index contributed by atoms with van der Waals surface area (Å²) in [5.41, 5.74) is 2.36. The summed E-state index contributed by atoms with van der Waals surface area (Å²) in [6.45, 7) is 4.10. The van der Waals surface area contributed by atoms with Gasteiger partial charge >= 0.3 is 0 Å². The normalized spacial score (nSPS) is 10.1. The Hall–Kier alpha value is -0.760. The average Bonchev–Trinajstić information content (AvgIpc) is 2.15. The van der Waals surface area contributed by atoms with Crippen molar-refractivity contribution in [3.8, 4) is 0 Å². The number of aliphatic hydroxyl groups excluding tert-OH is 1. The first kappa shape index (κ1) is 6.36. The van der Waals surface area contributed by atoms with Crippen LogP contribution in [0.5, 0.6) is 0 Å². The second kappa shape index (κ2) is 2.23. The molecule has 2 heteroatoms. The van der Waals surface area contributed by atoms with Crippen LogP contribution in [0.3, 0.4) is 0 Å². The molecule has 1 rings (SSSR count). The minimum atomic E-state index is 0.0830. The molecule has 0 aromatic carbocycles. The fourth-order valence-electron chi connectivity index (χ4n) is 0.814. The summed E-state index contributed by atoms with van der Waals surface area (Å²) >= 11 is 0. The lowest BCUT2D eigenvalue weighted by Gasteiger charge is -1.98. The number of aliphatic hydroxyl groups is 1. The Morgan fingerprint density at radius 1 is 1.56 bits per heavy atom. The van der Waals surface area contributed by atoms with E-state index in [0.29, 0.717) is 0 Å². The molecule has 1 aromatic heterocycles. The van der Waals surface area contributed by atoms with Gasteiger partial charge in [-0.25, -0.2) is 0 Å². The van der Waals surface area contributed by atoms with Crippen LogP contribution in [0.1, 0.15) is 11.3 Å². The molecule has 0 aliphatic carbocycles. The number of aryl methyl sites for hydroxylation is 1. The van der Waals surface area contributed by atoms with E-state index >= 15 is 0 Å². The van der Waals surface area contributed by atoms with Crippen LogP contribution in [-0.4, -0.2) is 9.67 Å². The molecule has 50 valence electrons. The van der Waals surface area contributed by atoms with Gasteiger partial charge < -0.3 is 9.67 Å². The molecule has 1 aromatic rings. The van der Waals surface area contributed by atoms with Crippen LogP contribution >= 0.6 is 0 Å². The third kappa shape index (κ3) is 0.980. The van der Waals surface area contributed by atoms with Gasteiger partial charge in [0.05, 0.1) is 0 Å². The monoisotopic (exact) mass is 125 g/mol. The zero-order valence-corrected chi connectivity index (χ0v) is 5.76. The first-order chi connectivity index (χ1) is 4.25. The molecule has 0 aliphatic heterocycles. The van der Waals surface area contributed by atoms with Crippen LogP contribution in [-0.2, 0) is 6.73 Å². The lowest BCUT2D eigenvalue weighted by atomic mass is 10.3. The molecular formula is C7H11NO. The number of rotatable bonds is 1. The van der Waals surface area contributed by atoms with E-state index in [9.17, 15) is 0 Å². The van der Waals surface area contributed by atoms with E-state index in [1.165, 1.54) is 5.56 Å². The van der Waals surface area contributed by atoms with E-state index in [2.05, 4.69) is 0 Å². The second-order valence-corrected chi connectivity index (χ2v) is 2.20. The van der Waals surface area contributed by atoms with Gasteiger partial charge in [-0.1, -0.05) is 0 Å². The Morgan fingerprint density at radius 3 is 2.44 bits per heavy atom. The minimum Gasteiger partial charge on any atom is -0.376 e. The number of hydrogen-bond acceptors (Lipinski definition) is 1. The summed E-state index contributed by atoms with van der Waals surface area (Å²) < 4.78 is 1.80. The first-order valence-corrected chi connectivity index (χ1v) is 2.99. The molecule has 0 saturated heterocycles. The van der Waals surface area contributed by atoms with E-state index in [1.807, 2.05) is 26.1 Å². The van der Waals surface area contributed by atoms with E-state index in [0.717, 1.165) is 5.69 Å². The summed E-state index contributed by atoms with van der Waals surface area (Å²) in [6, 6.07) is 1.99. The molecule has 1 heterocycles. The molecule has 1 N–H and O–H groups in total. The number of nitrogens with zero attached hydrogens (tertiary/aromatic N) is 1. The molecule has 0 amide bonds. The Kier molecular flexibility index (Phi) is 1.58. The van der Waals surface area contributed by atoms with Gasteiger partial charge in [-0.15, -0.1) is 0 Å². The molecular weight excluding hydrogens is 114 g/mol. The molecule has 9 heavy (non-hydrogen) atoms. The van der Waals surface area contributed by atoms with Crippen molar-refractivity contribution < 1.29 is 5.11 Å². The molecule has 0 atom stereocenters. The SMILES string of the molecule is Cc1ccn(CO)c1C. The van der Waals surface area contributed by atoms with E-state index in [-0.39, 0.29) is 6.73 Å². The van der Waals surface area contributed by atoms with Gasteiger partial charge in [-0.2, -0.15) is 0 Å². The van der Waals surface area contributed by atoms with Crippen molar-refractivity contribution in [1.82, 2.24) is 4.57 Å². The highest BCUT2D eigenvalue weighted by Crippen LogP contribution is 2.06. The molecule has 0 unspecified atom stereocenters.